The van der Waals surface area contributed by atoms with E-state index in [1.54, 1.807) is 23.1 Å². The van der Waals surface area contributed by atoms with Crippen LogP contribution in [0.2, 0.25) is 0 Å². The average molecular weight is 476 g/mol. The van der Waals surface area contributed by atoms with Crippen molar-refractivity contribution in [1.29, 1.82) is 0 Å². The first kappa shape index (κ1) is 22.3. The maximum Gasteiger partial charge on any atom is 0.191 e. The summed E-state index contributed by atoms with van der Waals surface area (Å²) in [6, 6.07) is 19.3. The van der Waals surface area contributed by atoms with Crippen molar-refractivity contribution >= 4 is 23.1 Å². The minimum absolute atomic E-state index is 0.792. The van der Waals surface area contributed by atoms with Crippen molar-refractivity contribution in [3.63, 3.8) is 0 Å². The number of thiazole rings is 1. The SMILES string of the molecule is CCc1ccc(-c2nc(CSc3nnc(CN4CCCC4)n3Cc3ccccc3)cs2)cc1. The van der Waals surface area contributed by atoms with E-state index in [2.05, 4.69) is 86.6 Å². The monoisotopic (exact) mass is 475 g/mol. The Morgan fingerprint density at radius 1 is 0.909 bits per heavy atom. The van der Waals surface area contributed by atoms with Crippen LogP contribution in [0.25, 0.3) is 10.6 Å². The Kier molecular flexibility index (Phi) is 7.19. The fraction of sp³-hybridized carbons (Fsp3) is 0.346. The third kappa shape index (κ3) is 5.54. The minimum atomic E-state index is 0.792. The zero-order chi connectivity index (χ0) is 22.5. The zero-order valence-electron chi connectivity index (χ0n) is 19.0. The molecule has 0 bridgehead atoms. The van der Waals surface area contributed by atoms with Gasteiger partial charge in [0.2, 0.25) is 0 Å². The maximum atomic E-state index is 4.89. The Hall–Kier alpha value is -2.48. The number of hydrogen-bond acceptors (Lipinski definition) is 6. The van der Waals surface area contributed by atoms with Gasteiger partial charge >= 0.3 is 0 Å². The molecule has 4 aromatic rings. The summed E-state index contributed by atoms with van der Waals surface area (Å²) in [5.74, 6) is 1.85. The summed E-state index contributed by atoms with van der Waals surface area (Å²) in [5.41, 5.74) is 4.91. The quantitative estimate of drug-likeness (QED) is 0.282. The highest BCUT2D eigenvalue weighted by Crippen LogP contribution is 2.28. The highest BCUT2D eigenvalue weighted by Gasteiger charge is 2.19. The van der Waals surface area contributed by atoms with Gasteiger partial charge in [0.15, 0.2) is 5.16 Å². The molecule has 1 fully saturated rings. The Morgan fingerprint density at radius 3 is 2.45 bits per heavy atom. The summed E-state index contributed by atoms with van der Waals surface area (Å²) in [6.45, 7) is 6.16. The number of thioether (sulfide) groups is 1. The molecule has 0 spiro atoms. The Balaban J connectivity index is 1.31. The molecule has 2 aromatic heterocycles. The largest absolute Gasteiger partial charge is 0.300 e. The van der Waals surface area contributed by atoms with Crippen LogP contribution >= 0.6 is 23.1 Å². The van der Waals surface area contributed by atoms with E-state index in [0.717, 1.165) is 60.0 Å². The molecule has 1 saturated heterocycles. The molecule has 0 aliphatic carbocycles. The molecular formula is C26H29N5S2. The molecule has 0 saturated carbocycles. The number of rotatable bonds is 9. The van der Waals surface area contributed by atoms with Gasteiger partial charge in [-0.1, -0.05) is 73.3 Å². The van der Waals surface area contributed by atoms with Gasteiger partial charge in [0.1, 0.15) is 10.8 Å². The van der Waals surface area contributed by atoms with Gasteiger partial charge in [-0.2, -0.15) is 0 Å². The zero-order valence-corrected chi connectivity index (χ0v) is 20.6. The third-order valence-electron chi connectivity index (χ3n) is 6.05. The van der Waals surface area contributed by atoms with Crippen LogP contribution in [0.3, 0.4) is 0 Å². The van der Waals surface area contributed by atoms with Crippen LogP contribution in [0.5, 0.6) is 0 Å². The van der Waals surface area contributed by atoms with E-state index in [1.165, 1.54) is 29.5 Å². The molecule has 170 valence electrons. The summed E-state index contributed by atoms with van der Waals surface area (Å²) in [5, 5.41) is 13.4. The molecule has 2 aromatic carbocycles. The summed E-state index contributed by atoms with van der Waals surface area (Å²) >= 11 is 3.44. The first-order chi connectivity index (χ1) is 16.3. The molecule has 5 nitrogen and oxygen atoms in total. The van der Waals surface area contributed by atoms with E-state index in [4.69, 9.17) is 4.98 Å². The van der Waals surface area contributed by atoms with E-state index in [-0.39, 0.29) is 0 Å². The van der Waals surface area contributed by atoms with Crippen LogP contribution in [0.4, 0.5) is 0 Å². The Labute approximate surface area is 203 Å². The molecule has 1 aliphatic heterocycles. The highest BCUT2D eigenvalue weighted by molar-refractivity contribution is 7.98. The second-order valence-corrected chi connectivity index (χ2v) is 10.2. The number of likely N-dealkylation sites (tertiary alicyclic amines) is 1. The van der Waals surface area contributed by atoms with Crippen molar-refractivity contribution in [1.82, 2.24) is 24.6 Å². The number of benzene rings is 2. The standard InChI is InChI=1S/C26H29N5S2/c1-2-20-10-12-22(13-11-20)25-27-23(18-32-25)19-33-26-29-28-24(17-30-14-6-7-15-30)31(26)16-21-8-4-3-5-9-21/h3-5,8-13,18H,2,6-7,14-17,19H2,1H3. The average Bonchev–Trinajstić information content (AvgIpc) is 3.62. The lowest BCUT2D eigenvalue weighted by Gasteiger charge is -2.16. The summed E-state index contributed by atoms with van der Waals surface area (Å²) in [4.78, 5) is 7.37. The highest BCUT2D eigenvalue weighted by atomic mass is 32.2. The Morgan fingerprint density at radius 2 is 1.70 bits per heavy atom. The summed E-state index contributed by atoms with van der Waals surface area (Å²) < 4.78 is 2.29. The lowest BCUT2D eigenvalue weighted by Crippen LogP contribution is -2.21. The van der Waals surface area contributed by atoms with Crippen LogP contribution in [-0.2, 0) is 25.3 Å². The van der Waals surface area contributed by atoms with Crippen LogP contribution in [0.15, 0.2) is 65.1 Å². The number of aryl methyl sites for hydroxylation is 1. The molecule has 0 atom stereocenters. The number of hydrogen-bond donors (Lipinski definition) is 0. The normalized spacial score (nSPS) is 14.2. The van der Waals surface area contributed by atoms with E-state index in [9.17, 15) is 0 Å². The molecule has 0 radical (unpaired) electrons. The molecule has 0 N–H and O–H groups in total. The summed E-state index contributed by atoms with van der Waals surface area (Å²) in [7, 11) is 0. The second-order valence-electron chi connectivity index (χ2n) is 8.44. The minimum Gasteiger partial charge on any atom is -0.300 e. The molecule has 7 heteroatoms. The topological polar surface area (TPSA) is 46.8 Å². The molecule has 3 heterocycles. The lowest BCUT2D eigenvalue weighted by molar-refractivity contribution is 0.316. The lowest BCUT2D eigenvalue weighted by atomic mass is 10.1. The predicted octanol–water partition coefficient (Wildman–Crippen LogP) is 5.90. The van der Waals surface area contributed by atoms with Crippen molar-refractivity contribution in [2.45, 2.75) is 50.2 Å². The molecule has 33 heavy (non-hydrogen) atoms. The van der Waals surface area contributed by atoms with Gasteiger partial charge in [-0.25, -0.2) is 4.98 Å². The smallest absolute Gasteiger partial charge is 0.191 e. The third-order valence-corrected chi connectivity index (χ3v) is 7.99. The van der Waals surface area contributed by atoms with E-state index >= 15 is 0 Å². The van der Waals surface area contributed by atoms with E-state index in [0.29, 0.717) is 0 Å². The van der Waals surface area contributed by atoms with Crippen molar-refractivity contribution in [3.05, 3.63) is 82.6 Å². The molecule has 0 amide bonds. The first-order valence-corrected chi connectivity index (χ1v) is 13.5. The molecular weight excluding hydrogens is 446 g/mol. The van der Waals surface area contributed by atoms with Gasteiger partial charge in [0, 0.05) is 16.7 Å². The van der Waals surface area contributed by atoms with Crippen LogP contribution in [-0.4, -0.2) is 37.7 Å². The number of aromatic nitrogens is 4. The van der Waals surface area contributed by atoms with Gasteiger partial charge in [0.25, 0.3) is 0 Å². The number of nitrogens with zero attached hydrogens (tertiary/aromatic N) is 5. The fourth-order valence-electron chi connectivity index (χ4n) is 4.14. The van der Waals surface area contributed by atoms with Crippen LogP contribution in [0.1, 0.15) is 42.4 Å². The molecule has 1 aliphatic rings. The fourth-order valence-corrected chi connectivity index (χ4v) is 5.92. The van der Waals surface area contributed by atoms with Gasteiger partial charge < -0.3 is 4.57 Å². The van der Waals surface area contributed by atoms with Gasteiger partial charge in [-0.05, 0) is 43.5 Å². The Bertz CT molecular complexity index is 1160. The van der Waals surface area contributed by atoms with Crippen LogP contribution in [0, 0.1) is 0 Å². The van der Waals surface area contributed by atoms with Crippen molar-refractivity contribution in [2.24, 2.45) is 0 Å². The van der Waals surface area contributed by atoms with Crippen LogP contribution < -0.4 is 0 Å². The van der Waals surface area contributed by atoms with Crippen molar-refractivity contribution < 1.29 is 0 Å². The molecule has 5 rings (SSSR count). The molecule has 0 unspecified atom stereocenters. The van der Waals surface area contributed by atoms with Gasteiger partial charge in [-0.15, -0.1) is 21.5 Å². The van der Waals surface area contributed by atoms with E-state index < -0.39 is 0 Å². The summed E-state index contributed by atoms with van der Waals surface area (Å²) in [6.07, 6.45) is 3.62. The first-order valence-electron chi connectivity index (χ1n) is 11.6. The maximum absolute atomic E-state index is 4.89. The van der Waals surface area contributed by atoms with Gasteiger partial charge in [-0.3, -0.25) is 4.90 Å². The van der Waals surface area contributed by atoms with Gasteiger partial charge in [0.05, 0.1) is 18.8 Å². The predicted molar refractivity (Wildman–Crippen MR) is 137 cm³/mol. The van der Waals surface area contributed by atoms with E-state index in [1.807, 2.05) is 0 Å². The van der Waals surface area contributed by atoms with Crippen molar-refractivity contribution in [2.75, 3.05) is 13.1 Å². The second kappa shape index (κ2) is 10.6. The van der Waals surface area contributed by atoms with Crippen molar-refractivity contribution in [3.8, 4) is 10.6 Å².